The van der Waals surface area contributed by atoms with E-state index in [1.54, 1.807) is 84.9 Å². The molecule has 0 saturated heterocycles. The first kappa shape index (κ1) is 57.8. The van der Waals surface area contributed by atoms with Gasteiger partial charge < -0.3 is 16.6 Å². The lowest BCUT2D eigenvalue weighted by atomic mass is 9.92. The van der Waals surface area contributed by atoms with E-state index in [1.807, 2.05) is 0 Å². The van der Waals surface area contributed by atoms with Crippen molar-refractivity contribution >= 4 is 30.1 Å². The zero-order valence-electron chi connectivity index (χ0n) is 43.4. The van der Waals surface area contributed by atoms with E-state index in [1.165, 1.54) is 103 Å². The quantitative estimate of drug-likeness (QED) is 0.0504. The Bertz CT molecular complexity index is 4070. The first-order valence-electron chi connectivity index (χ1n) is 25.4. The third kappa shape index (κ3) is 13.5. The molecule has 0 radical (unpaired) electrons. The normalized spacial score (nSPS) is 12.1. The summed E-state index contributed by atoms with van der Waals surface area (Å²) in [6, 6.07) is 48.4. The lowest BCUT2D eigenvalue weighted by Gasteiger charge is -2.24. The molecule has 7 N–H and O–H groups in total. The van der Waals surface area contributed by atoms with Crippen molar-refractivity contribution in [3.05, 3.63) is 273 Å². The SMILES string of the molecule is NCc1ccc(S(=O)(=O)N(Cc2ccc(F)cc2)Cc2cc(-c3ccccc3)cc(Cc3cc(Cc4cc(-c5ccccc5)cc(CN(Cc5ccc(F)cc5)S(=O)(=O)c5ccc(CN)cc5)c4F)c(O)c(S(N)(=O)=O)c3)c2F)cc1. The van der Waals surface area contributed by atoms with Crippen LogP contribution < -0.4 is 16.6 Å². The van der Waals surface area contributed by atoms with E-state index >= 15 is 8.78 Å². The highest BCUT2D eigenvalue weighted by molar-refractivity contribution is 7.89. The maximum Gasteiger partial charge on any atom is 0.243 e. The fourth-order valence-corrected chi connectivity index (χ4v) is 13.0. The second-order valence-corrected chi connectivity index (χ2v) is 24.9. The summed E-state index contributed by atoms with van der Waals surface area (Å²) in [5.74, 6) is -3.64. The number of halogens is 4. The number of hydrogen-bond donors (Lipinski definition) is 4. The van der Waals surface area contributed by atoms with Crippen molar-refractivity contribution in [3.63, 3.8) is 0 Å². The summed E-state index contributed by atoms with van der Waals surface area (Å²) in [5.41, 5.74) is 15.5. The number of nitrogens with zero attached hydrogens (tertiary/aromatic N) is 2. The van der Waals surface area contributed by atoms with Gasteiger partial charge in [-0.2, -0.15) is 8.61 Å². The number of phenols is 1. The standard InChI is InChI=1S/C62H55F4N5O7S3/c63-55-19-11-43(12-20-55)37-70(80(75,76)57-23-15-41(35-67)16-24-57)39-53-32-48(46-7-3-1-4-8-46)30-50(60(53)65)27-45-28-52(62(72)59(29-45)79(69,73)74)34-51-31-49(47-9-5-2-6-10-47)33-54(61(51)66)40-71(38-44-13-21-56(64)22-14-44)81(77,78)58-25-17-42(36-68)18-26-58/h1-26,28-33,72H,27,34-40,67-68H2,(H2,69,73,74). The molecule has 0 saturated carbocycles. The lowest BCUT2D eigenvalue weighted by Crippen LogP contribution is -2.31. The molecule has 0 fully saturated rings. The molecule has 416 valence electrons. The molecule has 0 bridgehead atoms. The summed E-state index contributed by atoms with van der Waals surface area (Å²) >= 11 is 0. The highest BCUT2D eigenvalue weighted by atomic mass is 32.2. The van der Waals surface area contributed by atoms with Gasteiger partial charge in [0, 0.05) is 68.8 Å². The van der Waals surface area contributed by atoms with Gasteiger partial charge in [0.05, 0.1) is 9.79 Å². The van der Waals surface area contributed by atoms with Crippen LogP contribution in [0.5, 0.6) is 5.75 Å². The Balaban J connectivity index is 1.14. The molecule has 0 aromatic heterocycles. The Morgan fingerprint density at radius 1 is 0.383 bits per heavy atom. The summed E-state index contributed by atoms with van der Waals surface area (Å²) in [5, 5.41) is 17.5. The van der Waals surface area contributed by atoms with Gasteiger partial charge in [-0.15, -0.1) is 0 Å². The van der Waals surface area contributed by atoms with Crippen LogP contribution in [0.3, 0.4) is 0 Å². The molecular weight excluding hydrogens is 1100 g/mol. The van der Waals surface area contributed by atoms with Crippen LogP contribution in [0.25, 0.3) is 22.3 Å². The smallest absolute Gasteiger partial charge is 0.243 e. The average molecular weight is 1150 g/mol. The number of phenolic OH excluding ortho intramolecular Hbond substituents is 1. The van der Waals surface area contributed by atoms with Gasteiger partial charge in [0.15, 0.2) is 0 Å². The van der Waals surface area contributed by atoms with E-state index in [4.69, 9.17) is 16.6 Å². The molecule has 9 aromatic rings. The fraction of sp³-hybridized carbons (Fsp3) is 0.129. The van der Waals surface area contributed by atoms with Gasteiger partial charge in [-0.1, -0.05) is 115 Å². The van der Waals surface area contributed by atoms with Crippen LogP contribution in [0, 0.1) is 23.3 Å². The molecule has 0 heterocycles. The van der Waals surface area contributed by atoms with Gasteiger partial charge in [-0.25, -0.2) is 48.0 Å². The maximum absolute atomic E-state index is 17.6. The van der Waals surface area contributed by atoms with Crippen molar-refractivity contribution in [3.8, 4) is 28.0 Å². The third-order valence-electron chi connectivity index (χ3n) is 13.8. The molecule has 9 rings (SSSR count). The van der Waals surface area contributed by atoms with Crippen LogP contribution in [0.15, 0.2) is 209 Å². The van der Waals surface area contributed by atoms with Crippen LogP contribution in [-0.4, -0.2) is 39.0 Å². The van der Waals surface area contributed by atoms with Crippen molar-refractivity contribution in [2.24, 2.45) is 16.6 Å². The van der Waals surface area contributed by atoms with Crippen LogP contribution in [0.4, 0.5) is 17.6 Å². The monoisotopic (exact) mass is 1150 g/mol. The van der Waals surface area contributed by atoms with Crippen LogP contribution in [0.2, 0.25) is 0 Å². The number of benzene rings is 9. The topological polar surface area (TPSA) is 207 Å². The van der Waals surface area contributed by atoms with Gasteiger partial charge in [0.1, 0.15) is 33.9 Å². The van der Waals surface area contributed by atoms with Crippen LogP contribution in [-0.2, 0) is 82.2 Å². The minimum Gasteiger partial charge on any atom is -0.506 e. The summed E-state index contributed by atoms with van der Waals surface area (Å²) < 4.78 is 150. The van der Waals surface area contributed by atoms with E-state index in [0.717, 1.165) is 14.7 Å². The molecule has 0 spiro atoms. The van der Waals surface area contributed by atoms with Gasteiger partial charge >= 0.3 is 0 Å². The van der Waals surface area contributed by atoms with Gasteiger partial charge in [0.25, 0.3) is 0 Å². The molecule has 19 heteroatoms. The molecule has 0 aliphatic heterocycles. The molecule has 9 aromatic carbocycles. The number of sulfonamides is 3. The van der Waals surface area contributed by atoms with E-state index in [-0.39, 0.29) is 75.8 Å². The van der Waals surface area contributed by atoms with Crippen molar-refractivity contribution < 1.29 is 47.9 Å². The number of hydrogen-bond acceptors (Lipinski definition) is 9. The zero-order valence-corrected chi connectivity index (χ0v) is 45.8. The van der Waals surface area contributed by atoms with Crippen molar-refractivity contribution in [2.75, 3.05) is 0 Å². The van der Waals surface area contributed by atoms with E-state index in [9.17, 15) is 39.1 Å². The average Bonchev–Trinajstić information content (AvgIpc) is 3.46. The Morgan fingerprint density at radius 2 is 0.753 bits per heavy atom. The Hall–Kier alpha value is -7.85. The van der Waals surface area contributed by atoms with Crippen LogP contribution >= 0.6 is 0 Å². The molecule has 0 aliphatic rings. The fourth-order valence-electron chi connectivity index (χ4n) is 9.50. The van der Waals surface area contributed by atoms with Gasteiger partial charge in [0.2, 0.25) is 30.1 Å². The summed E-state index contributed by atoms with van der Waals surface area (Å²) in [6.45, 7) is -1.36. The highest BCUT2D eigenvalue weighted by Crippen LogP contribution is 2.37. The minimum absolute atomic E-state index is 0.0190. The second-order valence-electron chi connectivity index (χ2n) is 19.4. The maximum atomic E-state index is 17.6. The van der Waals surface area contributed by atoms with Gasteiger partial charge in [-0.3, -0.25) is 0 Å². The molecule has 81 heavy (non-hydrogen) atoms. The summed E-state index contributed by atoms with van der Waals surface area (Å²) in [7, 11) is -13.5. The van der Waals surface area contributed by atoms with E-state index in [2.05, 4.69) is 0 Å². The molecule has 0 atom stereocenters. The van der Waals surface area contributed by atoms with Gasteiger partial charge in [-0.05, 0) is 140 Å². The van der Waals surface area contributed by atoms with Crippen molar-refractivity contribution in [1.82, 2.24) is 8.61 Å². The third-order valence-corrected chi connectivity index (χ3v) is 18.3. The predicted octanol–water partition coefficient (Wildman–Crippen LogP) is 10.8. The first-order valence-corrected chi connectivity index (χ1v) is 29.8. The highest BCUT2D eigenvalue weighted by Gasteiger charge is 2.30. The number of aromatic hydroxyl groups is 1. The van der Waals surface area contributed by atoms with E-state index < -0.39 is 83.5 Å². The largest absolute Gasteiger partial charge is 0.506 e. The minimum atomic E-state index is -4.74. The lowest BCUT2D eigenvalue weighted by molar-refractivity contribution is 0.392. The number of primary sulfonamides is 1. The van der Waals surface area contributed by atoms with Crippen molar-refractivity contribution in [1.29, 1.82) is 0 Å². The molecule has 0 amide bonds. The predicted molar refractivity (Wildman–Crippen MR) is 303 cm³/mol. The molecular formula is C62H55F4N5O7S3. The molecule has 12 nitrogen and oxygen atoms in total. The number of nitrogens with two attached hydrogens (primary N) is 3. The van der Waals surface area contributed by atoms with Crippen LogP contribution in [0.1, 0.15) is 55.6 Å². The first-order chi connectivity index (χ1) is 38.7. The zero-order chi connectivity index (χ0) is 57.6. The molecule has 0 unspecified atom stereocenters. The second kappa shape index (κ2) is 24.5. The molecule has 0 aliphatic carbocycles. The summed E-state index contributed by atoms with van der Waals surface area (Å²) in [4.78, 5) is -0.963. The Kier molecular flexibility index (Phi) is 17.5. The Labute approximate surface area is 468 Å². The van der Waals surface area contributed by atoms with E-state index in [0.29, 0.717) is 44.5 Å². The number of rotatable bonds is 21. The Morgan fingerprint density at radius 3 is 1.14 bits per heavy atom. The summed E-state index contributed by atoms with van der Waals surface area (Å²) in [6.07, 6.45) is -0.853. The van der Waals surface area contributed by atoms with Crippen molar-refractivity contribution in [2.45, 2.75) is 66.8 Å².